The highest BCUT2D eigenvalue weighted by molar-refractivity contribution is 5.30. The van der Waals surface area contributed by atoms with Crippen LogP contribution in [-0.4, -0.2) is 19.7 Å². The van der Waals surface area contributed by atoms with Crippen LogP contribution in [0.2, 0.25) is 0 Å². The summed E-state index contributed by atoms with van der Waals surface area (Å²) in [7, 11) is 0. The van der Waals surface area contributed by atoms with Gasteiger partial charge in [-0.1, -0.05) is 31.2 Å². The predicted molar refractivity (Wildman–Crippen MR) is 66.6 cm³/mol. The summed E-state index contributed by atoms with van der Waals surface area (Å²) in [5.74, 6) is 0. The molecule has 0 saturated carbocycles. The molecule has 1 atom stereocenters. The molecule has 88 valence electrons. The molecule has 0 amide bonds. The normalized spacial score (nSPS) is 20.2. The highest BCUT2D eigenvalue weighted by Gasteiger charge is 2.17. The summed E-state index contributed by atoms with van der Waals surface area (Å²) in [6.07, 6.45) is 3.71. The molecule has 0 radical (unpaired) electrons. The molecule has 1 aliphatic rings. The van der Waals surface area contributed by atoms with E-state index in [0.717, 1.165) is 32.5 Å². The maximum Gasteiger partial charge on any atom is 0.0951 e. The van der Waals surface area contributed by atoms with E-state index < -0.39 is 0 Å². The molecule has 1 heterocycles. The minimum Gasteiger partial charge on any atom is -0.372 e. The van der Waals surface area contributed by atoms with Gasteiger partial charge in [0, 0.05) is 13.2 Å². The number of ether oxygens (including phenoxy) is 1. The summed E-state index contributed by atoms with van der Waals surface area (Å²) in [4.78, 5) is 0. The van der Waals surface area contributed by atoms with Crippen molar-refractivity contribution in [3.8, 4) is 0 Å². The highest BCUT2D eigenvalue weighted by Crippen LogP contribution is 2.25. The van der Waals surface area contributed by atoms with Crippen LogP contribution in [0.1, 0.15) is 37.0 Å². The minimum absolute atomic E-state index is 0.241. The zero-order valence-electron chi connectivity index (χ0n) is 10.0. The fourth-order valence-electron chi connectivity index (χ4n) is 2.23. The van der Waals surface area contributed by atoms with Crippen molar-refractivity contribution in [1.29, 1.82) is 0 Å². The molecular formula is C14H21NO. The van der Waals surface area contributed by atoms with Gasteiger partial charge in [0.25, 0.3) is 0 Å². The zero-order chi connectivity index (χ0) is 11.2. The topological polar surface area (TPSA) is 21.3 Å². The Labute approximate surface area is 98.0 Å². The molecule has 2 rings (SSSR count). The third-order valence-corrected chi connectivity index (χ3v) is 3.07. The molecule has 2 nitrogen and oxygen atoms in total. The van der Waals surface area contributed by atoms with Crippen LogP contribution < -0.4 is 5.32 Å². The summed E-state index contributed by atoms with van der Waals surface area (Å²) in [5, 5.41) is 3.45. The van der Waals surface area contributed by atoms with E-state index in [0.29, 0.717) is 0 Å². The Morgan fingerprint density at radius 1 is 1.38 bits per heavy atom. The summed E-state index contributed by atoms with van der Waals surface area (Å²) in [5.41, 5.74) is 2.84. The molecule has 2 heteroatoms. The SMILES string of the molecule is CCCNC[C@@H]1OCCCc2ccccc21. The number of nitrogens with one attached hydrogen (secondary N) is 1. The van der Waals surface area contributed by atoms with Crippen LogP contribution in [-0.2, 0) is 11.2 Å². The monoisotopic (exact) mass is 219 g/mol. The molecule has 0 spiro atoms. The quantitative estimate of drug-likeness (QED) is 0.786. The molecular weight excluding hydrogens is 198 g/mol. The second kappa shape index (κ2) is 6.02. The van der Waals surface area contributed by atoms with Crippen LogP contribution >= 0.6 is 0 Å². The molecule has 0 aromatic heterocycles. The van der Waals surface area contributed by atoms with Gasteiger partial charge in [0.05, 0.1) is 6.10 Å². The van der Waals surface area contributed by atoms with Gasteiger partial charge in [0.2, 0.25) is 0 Å². The molecule has 0 fully saturated rings. The van der Waals surface area contributed by atoms with Crippen molar-refractivity contribution in [2.24, 2.45) is 0 Å². The number of hydrogen-bond acceptors (Lipinski definition) is 2. The summed E-state index contributed by atoms with van der Waals surface area (Å²) in [6.45, 7) is 5.08. The first kappa shape index (κ1) is 11.6. The summed E-state index contributed by atoms with van der Waals surface area (Å²) < 4.78 is 5.91. The summed E-state index contributed by atoms with van der Waals surface area (Å²) in [6, 6.07) is 8.68. The number of benzene rings is 1. The van der Waals surface area contributed by atoms with E-state index in [2.05, 4.69) is 36.5 Å². The van der Waals surface area contributed by atoms with E-state index in [1.54, 1.807) is 0 Å². The third-order valence-electron chi connectivity index (χ3n) is 3.07. The first-order valence-corrected chi connectivity index (χ1v) is 6.32. The van der Waals surface area contributed by atoms with Gasteiger partial charge in [0.15, 0.2) is 0 Å². The van der Waals surface area contributed by atoms with Crippen molar-refractivity contribution < 1.29 is 4.74 Å². The smallest absolute Gasteiger partial charge is 0.0951 e. The molecule has 0 aliphatic carbocycles. The lowest BCUT2D eigenvalue weighted by molar-refractivity contribution is 0.0566. The van der Waals surface area contributed by atoms with Gasteiger partial charge >= 0.3 is 0 Å². The third kappa shape index (κ3) is 2.83. The van der Waals surface area contributed by atoms with Crippen molar-refractivity contribution in [3.63, 3.8) is 0 Å². The van der Waals surface area contributed by atoms with Gasteiger partial charge in [-0.3, -0.25) is 0 Å². The lowest BCUT2D eigenvalue weighted by Gasteiger charge is -2.18. The van der Waals surface area contributed by atoms with Gasteiger partial charge in [-0.25, -0.2) is 0 Å². The van der Waals surface area contributed by atoms with Crippen LogP contribution in [0.15, 0.2) is 24.3 Å². The van der Waals surface area contributed by atoms with Crippen molar-refractivity contribution in [2.75, 3.05) is 19.7 Å². The molecule has 1 N–H and O–H groups in total. The first-order valence-electron chi connectivity index (χ1n) is 6.32. The fourth-order valence-corrected chi connectivity index (χ4v) is 2.23. The Morgan fingerprint density at radius 3 is 3.12 bits per heavy atom. The zero-order valence-corrected chi connectivity index (χ0v) is 10.0. The number of aryl methyl sites for hydroxylation is 1. The molecule has 1 aliphatic heterocycles. The molecule has 0 unspecified atom stereocenters. The second-order valence-electron chi connectivity index (χ2n) is 4.37. The van der Waals surface area contributed by atoms with Gasteiger partial charge in [-0.15, -0.1) is 0 Å². The lowest BCUT2D eigenvalue weighted by atomic mass is 10.00. The Balaban J connectivity index is 2.06. The van der Waals surface area contributed by atoms with Crippen LogP contribution in [0, 0.1) is 0 Å². The van der Waals surface area contributed by atoms with E-state index in [-0.39, 0.29) is 6.10 Å². The van der Waals surface area contributed by atoms with E-state index in [1.807, 2.05) is 0 Å². The van der Waals surface area contributed by atoms with Crippen LogP contribution in [0.3, 0.4) is 0 Å². The van der Waals surface area contributed by atoms with Crippen molar-refractivity contribution in [1.82, 2.24) is 5.32 Å². The Morgan fingerprint density at radius 2 is 2.25 bits per heavy atom. The van der Waals surface area contributed by atoms with Gasteiger partial charge in [-0.05, 0) is 36.9 Å². The lowest BCUT2D eigenvalue weighted by Crippen LogP contribution is -2.24. The Bertz CT molecular complexity index is 324. The largest absolute Gasteiger partial charge is 0.372 e. The first-order chi connectivity index (χ1) is 7.92. The van der Waals surface area contributed by atoms with Gasteiger partial charge < -0.3 is 10.1 Å². The van der Waals surface area contributed by atoms with Crippen LogP contribution in [0.25, 0.3) is 0 Å². The van der Waals surface area contributed by atoms with Crippen molar-refractivity contribution >= 4 is 0 Å². The number of fused-ring (bicyclic) bond motifs is 1. The van der Waals surface area contributed by atoms with E-state index in [4.69, 9.17) is 4.74 Å². The van der Waals surface area contributed by atoms with Crippen LogP contribution in [0.5, 0.6) is 0 Å². The minimum atomic E-state index is 0.241. The van der Waals surface area contributed by atoms with E-state index in [1.165, 1.54) is 17.5 Å². The van der Waals surface area contributed by atoms with Gasteiger partial charge in [0.1, 0.15) is 0 Å². The molecule has 0 bridgehead atoms. The molecule has 0 saturated heterocycles. The maximum atomic E-state index is 5.91. The average Bonchev–Trinajstić information content (AvgIpc) is 2.52. The molecule has 1 aromatic rings. The maximum absolute atomic E-state index is 5.91. The second-order valence-corrected chi connectivity index (χ2v) is 4.37. The number of hydrogen-bond donors (Lipinski definition) is 1. The average molecular weight is 219 g/mol. The fraction of sp³-hybridized carbons (Fsp3) is 0.571. The van der Waals surface area contributed by atoms with Crippen molar-refractivity contribution in [3.05, 3.63) is 35.4 Å². The highest BCUT2D eigenvalue weighted by atomic mass is 16.5. The molecule has 1 aromatic carbocycles. The number of rotatable bonds is 4. The predicted octanol–water partition coefficient (Wildman–Crippen LogP) is 2.69. The van der Waals surface area contributed by atoms with Crippen molar-refractivity contribution in [2.45, 2.75) is 32.3 Å². The Kier molecular flexibility index (Phi) is 4.37. The standard InChI is InChI=1S/C14H21NO/c1-2-9-15-11-14-13-8-4-3-6-12(13)7-5-10-16-14/h3-4,6,8,14-15H,2,5,7,9-11H2,1H3/t14-/m0/s1. The Hall–Kier alpha value is -0.860. The summed E-state index contributed by atoms with van der Waals surface area (Å²) >= 11 is 0. The van der Waals surface area contributed by atoms with Crippen LogP contribution in [0.4, 0.5) is 0 Å². The van der Waals surface area contributed by atoms with E-state index in [9.17, 15) is 0 Å². The van der Waals surface area contributed by atoms with E-state index >= 15 is 0 Å². The van der Waals surface area contributed by atoms with Gasteiger partial charge in [-0.2, -0.15) is 0 Å². The molecule has 16 heavy (non-hydrogen) atoms.